The predicted octanol–water partition coefficient (Wildman–Crippen LogP) is 10.1. The van der Waals surface area contributed by atoms with Crippen molar-refractivity contribution in [2.75, 3.05) is 0 Å². The van der Waals surface area contributed by atoms with Gasteiger partial charge in [-0.05, 0) is 95.3 Å². The van der Waals surface area contributed by atoms with Crippen LogP contribution in [0, 0.1) is 34.6 Å². The van der Waals surface area contributed by atoms with Gasteiger partial charge in [-0.2, -0.15) is 8.42 Å². The molecule has 0 aliphatic carbocycles. The maximum absolute atomic E-state index is 12.4. The van der Waals surface area contributed by atoms with Crippen LogP contribution in [0.25, 0.3) is 0 Å². The van der Waals surface area contributed by atoms with Crippen molar-refractivity contribution in [1.29, 1.82) is 0 Å². The molecule has 0 atom stereocenters. The first-order valence-corrected chi connectivity index (χ1v) is 14.1. The van der Waals surface area contributed by atoms with Gasteiger partial charge in [0.05, 0.1) is 0 Å². The third kappa shape index (κ3) is 13.6. The summed E-state index contributed by atoms with van der Waals surface area (Å²) in [6, 6.07) is 8.21. The zero-order chi connectivity index (χ0) is 28.1. The topological polar surface area (TPSA) is 43.4 Å². The average molecular weight is 495 g/mol. The molecule has 0 N–H and O–H groups in total. The van der Waals surface area contributed by atoms with Gasteiger partial charge in [0.1, 0.15) is 10.6 Å². The van der Waals surface area contributed by atoms with Gasteiger partial charge in [-0.15, -0.1) is 0 Å². The van der Waals surface area contributed by atoms with Gasteiger partial charge in [-0.3, -0.25) is 0 Å². The Kier molecular flexibility index (Phi) is 26.2. The molecule has 2 rings (SSSR count). The van der Waals surface area contributed by atoms with E-state index in [1.54, 1.807) is 18.2 Å². The lowest BCUT2D eigenvalue weighted by atomic mass is 9.94. The van der Waals surface area contributed by atoms with E-state index in [4.69, 9.17) is 4.18 Å². The lowest BCUT2D eigenvalue weighted by Crippen LogP contribution is -2.12. The Morgan fingerprint density at radius 3 is 1.24 bits per heavy atom. The fraction of sp³-hybridized carbons (Fsp3) is 0.533. The van der Waals surface area contributed by atoms with E-state index in [9.17, 15) is 8.42 Å². The van der Waals surface area contributed by atoms with E-state index in [1.165, 1.54) is 23.3 Å². The lowest BCUT2D eigenvalue weighted by Gasteiger charge is -2.18. The summed E-state index contributed by atoms with van der Waals surface area (Å²) in [5.74, 6) is 0.444. The van der Waals surface area contributed by atoms with Gasteiger partial charge in [0, 0.05) is 0 Å². The molecule has 0 aliphatic rings. The van der Waals surface area contributed by atoms with E-state index < -0.39 is 10.1 Å². The van der Waals surface area contributed by atoms with Crippen LogP contribution in [-0.2, 0) is 10.1 Å². The maximum Gasteiger partial charge on any atom is 0.339 e. The van der Waals surface area contributed by atoms with E-state index in [-0.39, 0.29) is 4.90 Å². The summed E-state index contributed by atoms with van der Waals surface area (Å²) in [5, 5.41) is 0. The SMILES string of the molecule is CC.CC.CC.CC.CC=C(C)C.Cc1c(C)c(C)c(OS(=O)(=O)c2ccccc2)c(C)c1C. The molecule has 198 valence electrons. The second kappa shape index (κ2) is 22.7. The van der Waals surface area contributed by atoms with Crippen LogP contribution in [0.3, 0.4) is 0 Å². The van der Waals surface area contributed by atoms with Gasteiger partial charge in [0.15, 0.2) is 0 Å². The fourth-order valence-corrected chi connectivity index (χ4v) is 3.39. The van der Waals surface area contributed by atoms with Crippen molar-refractivity contribution in [3.05, 3.63) is 69.8 Å². The highest BCUT2D eigenvalue weighted by atomic mass is 32.2. The summed E-state index contributed by atoms with van der Waals surface area (Å²) < 4.78 is 30.2. The smallest absolute Gasteiger partial charge is 0.339 e. The molecule has 2 aromatic rings. The van der Waals surface area contributed by atoms with Crippen LogP contribution in [0.1, 0.15) is 104 Å². The molecule has 0 fully saturated rings. The van der Waals surface area contributed by atoms with Crippen molar-refractivity contribution in [3.8, 4) is 5.75 Å². The van der Waals surface area contributed by atoms with Gasteiger partial charge in [0.25, 0.3) is 0 Å². The second-order valence-electron chi connectivity index (χ2n) is 6.67. The Morgan fingerprint density at radius 2 is 0.941 bits per heavy atom. The average Bonchev–Trinajstić information content (AvgIpc) is 2.90. The predicted molar refractivity (Wildman–Crippen MR) is 155 cm³/mol. The van der Waals surface area contributed by atoms with Gasteiger partial charge in [-0.1, -0.05) is 85.2 Å². The third-order valence-electron chi connectivity index (χ3n) is 4.73. The molecule has 0 aliphatic heterocycles. The van der Waals surface area contributed by atoms with Crippen LogP contribution >= 0.6 is 0 Å². The third-order valence-corrected chi connectivity index (χ3v) is 5.97. The lowest BCUT2D eigenvalue weighted by molar-refractivity contribution is 0.481. The molecule has 0 amide bonds. The quantitative estimate of drug-likeness (QED) is 0.315. The molecule has 2 aromatic carbocycles. The van der Waals surface area contributed by atoms with E-state index in [0.717, 1.165) is 22.3 Å². The summed E-state index contributed by atoms with van der Waals surface area (Å²) in [6.45, 7) is 32.0. The molecule has 3 nitrogen and oxygen atoms in total. The number of hydrogen-bond donors (Lipinski definition) is 0. The van der Waals surface area contributed by atoms with E-state index >= 15 is 0 Å². The van der Waals surface area contributed by atoms with Crippen molar-refractivity contribution in [1.82, 2.24) is 0 Å². The standard InChI is InChI=1S/C17H20O3S.C5H10.4C2H6/c1-11-12(2)14(4)17(15(5)13(11)3)20-21(18,19)16-9-7-6-8-10-16;1-4-5(2)3;4*1-2/h6-10H,1-5H3;4H,1-3H3;4*1-2H3. The minimum Gasteiger partial charge on any atom is -0.378 e. The zero-order valence-corrected chi connectivity index (χ0v) is 25.9. The molecule has 0 spiro atoms. The van der Waals surface area contributed by atoms with Crippen molar-refractivity contribution in [2.24, 2.45) is 0 Å². The summed E-state index contributed by atoms with van der Waals surface area (Å²) in [6.07, 6.45) is 2.08. The highest BCUT2D eigenvalue weighted by Gasteiger charge is 2.21. The summed E-state index contributed by atoms with van der Waals surface area (Å²) in [4.78, 5) is 0.166. The molecule has 0 saturated carbocycles. The number of allylic oxidation sites excluding steroid dienone is 2. The van der Waals surface area contributed by atoms with Crippen molar-refractivity contribution < 1.29 is 12.6 Å². The summed E-state index contributed by atoms with van der Waals surface area (Å²) >= 11 is 0. The van der Waals surface area contributed by atoms with Crippen LogP contribution in [0.4, 0.5) is 0 Å². The van der Waals surface area contributed by atoms with Crippen LogP contribution < -0.4 is 4.18 Å². The molecule has 0 radical (unpaired) electrons. The van der Waals surface area contributed by atoms with E-state index in [1.807, 2.05) is 96.9 Å². The van der Waals surface area contributed by atoms with Crippen molar-refractivity contribution in [2.45, 2.75) is 116 Å². The van der Waals surface area contributed by atoms with Gasteiger partial charge >= 0.3 is 10.1 Å². The Bertz CT molecular complexity index is 861. The summed E-state index contributed by atoms with van der Waals surface area (Å²) in [7, 11) is -3.80. The Labute approximate surface area is 213 Å². The highest BCUT2D eigenvalue weighted by molar-refractivity contribution is 7.87. The Balaban J connectivity index is -0.000000293. The molecule has 0 heterocycles. The van der Waals surface area contributed by atoms with Gasteiger partial charge in [-0.25, -0.2) is 0 Å². The van der Waals surface area contributed by atoms with E-state index in [0.29, 0.717) is 5.75 Å². The molecule has 0 saturated heterocycles. The summed E-state index contributed by atoms with van der Waals surface area (Å²) in [5.41, 5.74) is 6.43. The monoisotopic (exact) mass is 494 g/mol. The second-order valence-corrected chi connectivity index (χ2v) is 8.22. The molecule has 0 aromatic heterocycles. The number of rotatable bonds is 3. The number of benzene rings is 2. The van der Waals surface area contributed by atoms with E-state index in [2.05, 4.69) is 19.9 Å². The highest BCUT2D eigenvalue weighted by Crippen LogP contribution is 2.33. The van der Waals surface area contributed by atoms with Crippen molar-refractivity contribution >= 4 is 10.1 Å². The van der Waals surface area contributed by atoms with Crippen LogP contribution in [-0.4, -0.2) is 8.42 Å². The first kappa shape index (κ1) is 39.2. The fourth-order valence-electron chi connectivity index (χ4n) is 2.34. The maximum atomic E-state index is 12.4. The normalized spacial score (nSPS) is 8.82. The first-order chi connectivity index (χ1) is 16.0. The zero-order valence-electron chi connectivity index (χ0n) is 25.1. The number of hydrogen-bond acceptors (Lipinski definition) is 3. The molecule has 0 bridgehead atoms. The van der Waals surface area contributed by atoms with Gasteiger partial charge in [0.2, 0.25) is 0 Å². The van der Waals surface area contributed by atoms with Crippen LogP contribution in [0.15, 0.2) is 46.9 Å². The molecule has 4 heteroatoms. The Hall–Kier alpha value is -2.07. The molecular formula is C30H54O3S. The van der Waals surface area contributed by atoms with Crippen molar-refractivity contribution in [3.63, 3.8) is 0 Å². The first-order valence-electron chi connectivity index (χ1n) is 12.7. The largest absolute Gasteiger partial charge is 0.378 e. The van der Waals surface area contributed by atoms with Gasteiger partial charge < -0.3 is 4.18 Å². The molecule has 34 heavy (non-hydrogen) atoms. The molecule has 0 unspecified atom stereocenters. The minimum absolute atomic E-state index is 0.166. The van der Waals surface area contributed by atoms with Crippen LogP contribution in [0.2, 0.25) is 0 Å². The Morgan fingerprint density at radius 1 is 0.647 bits per heavy atom. The minimum atomic E-state index is -3.80. The molecular weight excluding hydrogens is 440 g/mol. The van der Waals surface area contributed by atoms with Crippen LogP contribution in [0.5, 0.6) is 5.75 Å².